The SMILES string of the molecule is CCOC(=O)C1=C(C)NC2=C(C(=O)CC(C)(C)C2)[C@H]1c1ccc(CC)cc1. The van der Waals surface area contributed by atoms with Crippen molar-refractivity contribution in [1.82, 2.24) is 5.32 Å². The van der Waals surface area contributed by atoms with Gasteiger partial charge >= 0.3 is 5.97 Å². The zero-order valence-electron chi connectivity index (χ0n) is 16.9. The highest BCUT2D eigenvalue weighted by molar-refractivity contribution is 6.04. The van der Waals surface area contributed by atoms with Crippen molar-refractivity contribution in [3.63, 3.8) is 0 Å². The van der Waals surface area contributed by atoms with Crippen LogP contribution >= 0.6 is 0 Å². The molecule has 3 rings (SSSR count). The van der Waals surface area contributed by atoms with Crippen molar-refractivity contribution >= 4 is 11.8 Å². The van der Waals surface area contributed by atoms with E-state index in [1.54, 1.807) is 6.92 Å². The Hall–Kier alpha value is -2.36. The molecule has 0 unspecified atom stereocenters. The average Bonchev–Trinajstić information content (AvgIpc) is 2.59. The van der Waals surface area contributed by atoms with Gasteiger partial charge in [0.1, 0.15) is 0 Å². The first kappa shape index (κ1) is 19.4. The molecule has 144 valence electrons. The Balaban J connectivity index is 2.15. The summed E-state index contributed by atoms with van der Waals surface area (Å²) in [6.45, 7) is 10.3. The summed E-state index contributed by atoms with van der Waals surface area (Å²) < 4.78 is 5.33. The van der Waals surface area contributed by atoms with Crippen molar-refractivity contribution in [3.05, 3.63) is 57.9 Å². The maximum absolute atomic E-state index is 13.1. The summed E-state index contributed by atoms with van der Waals surface area (Å²) in [5.41, 5.74) is 5.13. The minimum absolute atomic E-state index is 0.0821. The molecule has 4 nitrogen and oxygen atoms in total. The summed E-state index contributed by atoms with van der Waals surface area (Å²) in [5.74, 6) is -0.598. The Labute approximate surface area is 161 Å². The highest BCUT2D eigenvalue weighted by Gasteiger charge is 2.43. The van der Waals surface area contributed by atoms with Crippen LogP contribution in [0.5, 0.6) is 0 Å². The molecule has 0 bridgehead atoms. The molecule has 1 atom stereocenters. The molecule has 1 aromatic rings. The Morgan fingerprint density at radius 2 is 1.85 bits per heavy atom. The molecule has 1 aliphatic heterocycles. The van der Waals surface area contributed by atoms with Crippen molar-refractivity contribution in [2.45, 2.75) is 59.8 Å². The van der Waals surface area contributed by atoms with E-state index in [9.17, 15) is 9.59 Å². The third-order valence-corrected chi connectivity index (χ3v) is 5.46. The molecule has 1 heterocycles. The van der Waals surface area contributed by atoms with Crippen LogP contribution in [0.4, 0.5) is 0 Å². The summed E-state index contributed by atoms with van der Waals surface area (Å²) in [7, 11) is 0. The fraction of sp³-hybridized carbons (Fsp3) is 0.478. The number of aryl methyl sites for hydroxylation is 1. The highest BCUT2D eigenvalue weighted by atomic mass is 16.5. The average molecular weight is 367 g/mol. The van der Waals surface area contributed by atoms with Gasteiger partial charge < -0.3 is 10.1 Å². The van der Waals surface area contributed by atoms with Crippen LogP contribution in [0.25, 0.3) is 0 Å². The molecule has 2 aliphatic rings. The van der Waals surface area contributed by atoms with E-state index in [0.29, 0.717) is 18.6 Å². The van der Waals surface area contributed by atoms with E-state index >= 15 is 0 Å². The third kappa shape index (κ3) is 3.71. The summed E-state index contributed by atoms with van der Waals surface area (Å²) in [4.78, 5) is 25.9. The van der Waals surface area contributed by atoms with Gasteiger partial charge in [-0.3, -0.25) is 4.79 Å². The molecule has 4 heteroatoms. The quantitative estimate of drug-likeness (QED) is 0.801. The van der Waals surface area contributed by atoms with E-state index in [-0.39, 0.29) is 23.1 Å². The van der Waals surface area contributed by atoms with Crippen molar-refractivity contribution in [2.75, 3.05) is 6.61 Å². The second-order valence-corrected chi connectivity index (χ2v) is 8.25. The lowest BCUT2D eigenvalue weighted by Gasteiger charge is -2.39. The first-order valence-corrected chi connectivity index (χ1v) is 9.77. The number of hydrogen-bond acceptors (Lipinski definition) is 4. The number of carbonyl (C=O) groups is 2. The van der Waals surface area contributed by atoms with Crippen molar-refractivity contribution in [3.8, 4) is 0 Å². The van der Waals surface area contributed by atoms with Gasteiger partial charge in [-0.15, -0.1) is 0 Å². The van der Waals surface area contributed by atoms with Crippen LogP contribution in [-0.4, -0.2) is 18.4 Å². The number of rotatable bonds is 4. The fourth-order valence-corrected chi connectivity index (χ4v) is 4.19. The number of ether oxygens (including phenoxy) is 1. The van der Waals surface area contributed by atoms with Gasteiger partial charge in [-0.1, -0.05) is 45.0 Å². The van der Waals surface area contributed by atoms with Gasteiger partial charge in [-0.25, -0.2) is 4.79 Å². The first-order valence-electron chi connectivity index (χ1n) is 9.77. The zero-order valence-corrected chi connectivity index (χ0v) is 16.9. The predicted molar refractivity (Wildman–Crippen MR) is 106 cm³/mol. The number of esters is 1. The van der Waals surface area contributed by atoms with E-state index in [1.807, 2.05) is 19.1 Å². The van der Waals surface area contributed by atoms with E-state index < -0.39 is 0 Å². The fourth-order valence-electron chi connectivity index (χ4n) is 4.19. The number of dihydropyridines is 1. The number of carbonyl (C=O) groups excluding carboxylic acids is 2. The number of nitrogens with one attached hydrogen (secondary N) is 1. The highest BCUT2D eigenvalue weighted by Crippen LogP contribution is 2.46. The van der Waals surface area contributed by atoms with Gasteiger partial charge in [0.15, 0.2) is 5.78 Å². The topological polar surface area (TPSA) is 55.4 Å². The zero-order chi connectivity index (χ0) is 19.8. The second kappa shape index (κ2) is 7.34. The lowest BCUT2D eigenvalue weighted by atomic mass is 9.68. The number of ketones is 1. The molecule has 0 aromatic heterocycles. The van der Waals surface area contributed by atoms with E-state index in [1.165, 1.54) is 5.56 Å². The standard InChI is InChI=1S/C23H29NO3/c1-6-15-8-10-16(11-9-15)20-19(22(26)27-7-2)14(3)24-17-12-23(4,5)13-18(25)21(17)20/h8-11,20,24H,6-7,12-13H2,1-5H3/t20-/m0/s1. The molecule has 1 N–H and O–H groups in total. The van der Waals surface area contributed by atoms with Gasteiger partial charge in [0.05, 0.1) is 12.2 Å². The number of allylic oxidation sites excluding steroid dienone is 3. The molecule has 0 fully saturated rings. The Morgan fingerprint density at radius 3 is 2.44 bits per heavy atom. The Kier molecular flexibility index (Phi) is 5.27. The molecule has 1 aromatic carbocycles. The summed E-state index contributed by atoms with van der Waals surface area (Å²) in [6.07, 6.45) is 2.24. The van der Waals surface area contributed by atoms with Crippen molar-refractivity contribution in [1.29, 1.82) is 0 Å². The Morgan fingerprint density at radius 1 is 1.19 bits per heavy atom. The monoisotopic (exact) mass is 367 g/mol. The maximum atomic E-state index is 13.1. The van der Waals surface area contributed by atoms with Gasteiger partial charge in [-0.05, 0) is 43.2 Å². The van der Waals surface area contributed by atoms with Crippen LogP contribution in [0.1, 0.15) is 64.5 Å². The van der Waals surface area contributed by atoms with Crippen molar-refractivity contribution in [2.24, 2.45) is 5.41 Å². The maximum Gasteiger partial charge on any atom is 0.336 e. The van der Waals surface area contributed by atoms with Gasteiger partial charge in [0.25, 0.3) is 0 Å². The van der Waals surface area contributed by atoms with Gasteiger partial charge in [-0.2, -0.15) is 0 Å². The van der Waals surface area contributed by atoms with Crippen LogP contribution in [-0.2, 0) is 20.7 Å². The largest absolute Gasteiger partial charge is 0.463 e. The van der Waals surface area contributed by atoms with Crippen LogP contribution in [0.2, 0.25) is 0 Å². The van der Waals surface area contributed by atoms with Gasteiger partial charge in [0, 0.05) is 29.3 Å². The van der Waals surface area contributed by atoms with E-state index in [0.717, 1.165) is 35.4 Å². The lowest BCUT2D eigenvalue weighted by Crippen LogP contribution is -2.38. The van der Waals surface area contributed by atoms with E-state index in [4.69, 9.17) is 4.74 Å². The summed E-state index contributed by atoms with van der Waals surface area (Å²) in [5, 5.41) is 3.35. The second-order valence-electron chi connectivity index (χ2n) is 8.25. The van der Waals surface area contributed by atoms with Crippen LogP contribution < -0.4 is 5.32 Å². The molecular weight excluding hydrogens is 338 g/mol. The molecule has 0 spiro atoms. The molecule has 0 saturated carbocycles. The Bertz CT molecular complexity index is 828. The normalized spacial score (nSPS) is 21.7. The summed E-state index contributed by atoms with van der Waals surface area (Å²) in [6, 6.07) is 8.23. The minimum Gasteiger partial charge on any atom is -0.463 e. The molecule has 1 aliphatic carbocycles. The van der Waals surface area contributed by atoms with Crippen molar-refractivity contribution < 1.29 is 14.3 Å². The molecular formula is C23H29NO3. The third-order valence-electron chi connectivity index (χ3n) is 5.46. The number of Topliss-reactive ketones (excluding diaryl/α,β-unsaturated/α-hetero) is 1. The van der Waals surface area contributed by atoms with E-state index in [2.05, 4.69) is 38.2 Å². The van der Waals surface area contributed by atoms with Gasteiger partial charge in [0.2, 0.25) is 0 Å². The predicted octanol–water partition coefficient (Wildman–Crippen LogP) is 4.42. The first-order chi connectivity index (χ1) is 12.8. The smallest absolute Gasteiger partial charge is 0.336 e. The van der Waals surface area contributed by atoms with Crippen LogP contribution in [0, 0.1) is 5.41 Å². The summed E-state index contributed by atoms with van der Waals surface area (Å²) >= 11 is 0. The lowest BCUT2D eigenvalue weighted by molar-refractivity contribution is -0.138. The molecule has 0 saturated heterocycles. The minimum atomic E-state index is -0.366. The van der Waals surface area contributed by atoms with Crippen LogP contribution in [0.15, 0.2) is 46.8 Å². The number of hydrogen-bond donors (Lipinski definition) is 1. The molecule has 0 amide bonds. The number of benzene rings is 1. The molecule has 27 heavy (non-hydrogen) atoms. The van der Waals surface area contributed by atoms with Crippen LogP contribution in [0.3, 0.4) is 0 Å². The molecule has 0 radical (unpaired) electrons.